The number of hydrogen-bond donors (Lipinski definition) is 2. The van der Waals surface area contributed by atoms with Crippen LogP contribution in [0.4, 0.5) is 11.4 Å². The maximum atomic E-state index is 5.86. The van der Waals surface area contributed by atoms with E-state index in [1.807, 2.05) is 35.6 Å². The first-order chi connectivity index (χ1) is 7.66. The Morgan fingerprint density at radius 1 is 1.25 bits per heavy atom. The fourth-order valence-electron chi connectivity index (χ4n) is 1.58. The number of nitrogens with two attached hydrogens (primary N) is 1. The lowest BCUT2D eigenvalue weighted by Gasteiger charge is -2.07. The first-order valence-corrected chi connectivity index (χ1v) is 6.13. The lowest BCUT2D eigenvalue weighted by Crippen LogP contribution is -2.00. The molecule has 1 aromatic heterocycles. The topological polar surface area (TPSA) is 38.0 Å². The van der Waals surface area contributed by atoms with Crippen molar-refractivity contribution >= 4 is 22.7 Å². The molecule has 0 aliphatic heterocycles. The van der Waals surface area contributed by atoms with Crippen molar-refractivity contribution in [2.24, 2.45) is 0 Å². The number of thiophene rings is 1. The van der Waals surface area contributed by atoms with Crippen LogP contribution in [-0.4, -0.2) is 0 Å². The molecule has 2 rings (SSSR count). The van der Waals surface area contributed by atoms with Crippen molar-refractivity contribution < 1.29 is 0 Å². The molecule has 84 valence electrons. The molecule has 0 saturated carbocycles. The van der Waals surface area contributed by atoms with E-state index in [1.165, 1.54) is 15.3 Å². The zero-order chi connectivity index (χ0) is 11.5. The molecule has 0 aliphatic carbocycles. The van der Waals surface area contributed by atoms with Crippen molar-refractivity contribution in [3.05, 3.63) is 45.6 Å². The Hall–Kier alpha value is -1.48. The predicted molar refractivity (Wildman–Crippen MR) is 72.0 cm³/mol. The van der Waals surface area contributed by atoms with E-state index in [0.29, 0.717) is 0 Å². The summed E-state index contributed by atoms with van der Waals surface area (Å²) in [7, 11) is 0. The lowest BCUT2D eigenvalue weighted by molar-refractivity contribution is 1.19. The van der Waals surface area contributed by atoms with Gasteiger partial charge in [0.25, 0.3) is 0 Å². The standard InChI is InChI=1S/C13H16N2S/c1-9-7-11(16-10(9)2)8-15-13-6-4-3-5-12(13)14/h3-7,15H,8,14H2,1-2H3. The second-order valence-corrected chi connectivity index (χ2v) is 5.23. The molecule has 1 aromatic carbocycles. The minimum Gasteiger partial charge on any atom is -0.397 e. The molecule has 0 radical (unpaired) electrons. The first kappa shape index (κ1) is 11.0. The summed E-state index contributed by atoms with van der Waals surface area (Å²) >= 11 is 1.84. The van der Waals surface area contributed by atoms with Crippen LogP contribution in [-0.2, 0) is 6.54 Å². The molecule has 0 atom stereocenters. The molecule has 2 nitrogen and oxygen atoms in total. The molecule has 0 amide bonds. The SMILES string of the molecule is Cc1cc(CNc2ccccc2N)sc1C. The van der Waals surface area contributed by atoms with Crippen molar-refractivity contribution in [2.75, 3.05) is 11.1 Å². The monoisotopic (exact) mass is 232 g/mol. The maximum Gasteiger partial charge on any atom is 0.0576 e. The van der Waals surface area contributed by atoms with E-state index in [-0.39, 0.29) is 0 Å². The van der Waals surface area contributed by atoms with Crippen molar-refractivity contribution in [2.45, 2.75) is 20.4 Å². The van der Waals surface area contributed by atoms with Gasteiger partial charge in [0.2, 0.25) is 0 Å². The average Bonchev–Trinajstić information content (AvgIpc) is 2.57. The highest BCUT2D eigenvalue weighted by Crippen LogP contribution is 2.23. The van der Waals surface area contributed by atoms with Crippen LogP contribution in [0.2, 0.25) is 0 Å². The Morgan fingerprint density at radius 2 is 2.00 bits per heavy atom. The predicted octanol–water partition coefficient (Wildman–Crippen LogP) is 3.56. The van der Waals surface area contributed by atoms with Gasteiger partial charge in [-0.15, -0.1) is 11.3 Å². The normalized spacial score (nSPS) is 10.4. The van der Waals surface area contributed by atoms with Gasteiger partial charge in [-0.3, -0.25) is 0 Å². The summed E-state index contributed by atoms with van der Waals surface area (Å²) in [5.74, 6) is 0. The minimum absolute atomic E-state index is 0.799. The van der Waals surface area contributed by atoms with Crippen LogP contribution in [0.3, 0.4) is 0 Å². The molecule has 0 saturated heterocycles. The van der Waals surface area contributed by atoms with E-state index in [1.54, 1.807) is 0 Å². The van der Waals surface area contributed by atoms with Crippen molar-refractivity contribution in [3.8, 4) is 0 Å². The Bertz CT molecular complexity index is 469. The zero-order valence-corrected chi connectivity index (χ0v) is 10.4. The summed E-state index contributed by atoms with van der Waals surface area (Å²) < 4.78 is 0. The fourth-order valence-corrected chi connectivity index (χ4v) is 2.57. The Labute approximate surface area is 100 Å². The van der Waals surface area contributed by atoms with Crippen LogP contribution in [0.25, 0.3) is 0 Å². The average molecular weight is 232 g/mol. The van der Waals surface area contributed by atoms with Gasteiger partial charge in [0, 0.05) is 16.3 Å². The molecular formula is C13H16N2S. The number of hydrogen-bond acceptors (Lipinski definition) is 3. The summed E-state index contributed by atoms with van der Waals surface area (Å²) in [6.07, 6.45) is 0. The highest BCUT2D eigenvalue weighted by atomic mass is 32.1. The zero-order valence-electron chi connectivity index (χ0n) is 9.58. The molecule has 0 aliphatic rings. The molecule has 2 aromatic rings. The second kappa shape index (κ2) is 4.58. The highest BCUT2D eigenvalue weighted by molar-refractivity contribution is 7.12. The van der Waals surface area contributed by atoms with Crippen molar-refractivity contribution in [1.82, 2.24) is 0 Å². The number of rotatable bonds is 3. The van der Waals surface area contributed by atoms with Gasteiger partial charge in [-0.1, -0.05) is 12.1 Å². The fraction of sp³-hybridized carbons (Fsp3) is 0.231. The summed E-state index contributed by atoms with van der Waals surface area (Å²) in [6, 6.07) is 10.1. The van der Waals surface area contributed by atoms with E-state index in [2.05, 4.69) is 25.2 Å². The van der Waals surface area contributed by atoms with E-state index < -0.39 is 0 Å². The van der Waals surface area contributed by atoms with Crippen LogP contribution < -0.4 is 11.1 Å². The number of benzene rings is 1. The number of anilines is 2. The molecular weight excluding hydrogens is 216 g/mol. The Balaban J connectivity index is 2.05. The third-order valence-corrected chi connectivity index (χ3v) is 3.78. The molecule has 1 heterocycles. The number of nitrogens with one attached hydrogen (secondary N) is 1. The van der Waals surface area contributed by atoms with E-state index >= 15 is 0 Å². The highest BCUT2D eigenvalue weighted by Gasteiger charge is 2.02. The third-order valence-electron chi connectivity index (χ3n) is 2.63. The van der Waals surface area contributed by atoms with Gasteiger partial charge in [0.15, 0.2) is 0 Å². The maximum absolute atomic E-state index is 5.86. The van der Waals surface area contributed by atoms with Gasteiger partial charge in [-0.25, -0.2) is 0 Å². The molecule has 0 fully saturated rings. The van der Waals surface area contributed by atoms with Crippen LogP contribution in [0.5, 0.6) is 0 Å². The van der Waals surface area contributed by atoms with Gasteiger partial charge >= 0.3 is 0 Å². The molecule has 3 N–H and O–H groups in total. The smallest absolute Gasteiger partial charge is 0.0576 e. The van der Waals surface area contributed by atoms with Crippen LogP contribution >= 0.6 is 11.3 Å². The molecule has 16 heavy (non-hydrogen) atoms. The quantitative estimate of drug-likeness (QED) is 0.794. The number of para-hydroxylation sites is 2. The molecule has 0 spiro atoms. The molecule has 3 heteroatoms. The second-order valence-electron chi connectivity index (χ2n) is 3.89. The van der Waals surface area contributed by atoms with Gasteiger partial charge in [0.1, 0.15) is 0 Å². The number of aryl methyl sites for hydroxylation is 2. The van der Waals surface area contributed by atoms with Crippen LogP contribution in [0.15, 0.2) is 30.3 Å². The molecule has 0 bridgehead atoms. The summed E-state index contributed by atoms with van der Waals surface area (Å²) in [4.78, 5) is 2.73. The van der Waals surface area contributed by atoms with Gasteiger partial charge in [-0.05, 0) is 37.6 Å². The van der Waals surface area contributed by atoms with E-state index in [0.717, 1.165) is 17.9 Å². The lowest BCUT2D eigenvalue weighted by atomic mass is 10.2. The number of nitrogen functional groups attached to an aromatic ring is 1. The summed E-state index contributed by atoms with van der Waals surface area (Å²) in [5.41, 5.74) is 9.03. The van der Waals surface area contributed by atoms with Crippen LogP contribution in [0.1, 0.15) is 15.3 Å². The van der Waals surface area contributed by atoms with E-state index in [4.69, 9.17) is 5.73 Å². The summed E-state index contributed by atoms with van der Waals surface area (Å²) in [6.45, 7) is 5.14. The summed E-state index contributed by atoms with van der Waals surface area (Å²) in [5, 5.41) is 3.36. The van der Waals surface area contributed by atoms with Gasteiger partial charge in [-0.2, -0.15) is 0 Å². The molecule has 0 unspecified atom stereocenters. The van der Waals surface area contributed by atoms with Crippen LogP contribution in [0, 0.1) is 13.8 Å². The van der Waals surface area contributed by atoms with Crippen molar-refractivity contribution in [3.63, 3.8) is 0 Å². The Morgan fingerprint density at radius 3 is 2.62 bits per heavy atom. The van der Waals surface area contributed by atoms with Gasteiger partial charge < -0.3 is 11.1 Å². The minimum atomic E-state index is 0.799. The third kappa shape index (κ3) is 2.36. The Kier molecular flexibility index (Phi) is 3.15. The van der Waals surface area contributed by atoms with Crippen molar-refractivity contribution in [1.29, 1.82) is 0 Å². The van der Waals surface area contributed by atoms with E-state index in [9.17, 15) is 0 Å². The van der Waals surface area contributed by atoms with Gasteiger partial charge in [0.05, 0.1) is 11.4 Å². The largest absolute Gasteiger partial charge is 0.397 e. The first-order valence-electron chi connectivity index (χ1n) is 5.31.